The van der Waals surface area contributed by atoms with Crippen molar-refractivity contribution in [2.45, 2.75) is 31.7 Å². The second kappa shape index (κ2) is 6.95. The number of unbranched alkanes of at least 4 members (excludes halogenated alkanes) is 1. The Morgan fingerprint density at radius 2 is 2.43 bits per heavy atom. The second-order valence-corrected chi connectivity index (χ2v) is 4.71. The van der Waals surface area contributed by atoms with Gasteiger partial charge in [-0.05, 0) is 31.6 Å². The molecule has 0 saturated carbocycles. The van der Waals surface area contributed by atoms with Crippen LogP contribution in [0, 0.1) is 0 Å². The molecule has 0 amide bonds. The number of oxime groups is 1. The minimum atomic E-state index is 0.335. The molecular weight excluding hydrogens is 198 g/mol. The summed E-state index contributed by atoms with van der Waals surface area (Å²) in [6, 6.07) is 0.712. The number of hydrogen-bond donors (Lipinski definition) is 3. The Labute approximate surface area is 89.3 Å². The smallest absolute Gasteiger partial charge is 0.139 e. The van der Waals surface area contributed by atoms with E-state index >= 15 is 0 Å². The third-order valence-corrected chi connectivity index (χ3v) is 3.51. The molecule has 1 aliphatic rings. The topological polar surface area (TPSA) is 70.6 Å². The van der Waals surface area contributed by atoms with E-state index in [1.54, 1.807) is 0 Å². The van der Waals surface area contributed by atoms with Crippen molar-refractivity contribution in [2.75, 3.05) is 18.1 Å². The molecule has 0 radical (unpaired) electrons. The van der Waals surface area contributed by atoms with E-state index in [4.69, 9.17) is 10.9 Å². The lowest BCUT2D eigenvalue weighted by atomic mass is 10.2. The fraction of sp³-hybridized carbons (Fsp3) is 0.889. The minimum absolute atomic E-state index is 0.335. The molecular formula is C9H19N3OS. The molecule has 1 fully saturated rings. The van der Waals surface area contributed by atoms with Crippen molar-refractivity contribution in [3.05, 3.63) is 0 Å². The van der Waals surface area contributed by atoms with E-state index in [9.17, 15) is 0 Å². The maximum Gasteiger partial charge on any atom is 0.139 e. The Kier molecular flexibility index (Phi) is 5.78. The van der Waals surface area contributed by atoms with Gasteiger partial charge in [0.2, 0.25) is 0 Å². The monoisotopic (exact) mass is 217 g/mol. The Bertz CT molecular complexity index is 181. The lowest BCUT2D eigenvalue weighted by Gasteiger charge is -2.10. The lowest BCUT2D eigenvalue weighted by molar-refractivity contribution is 0.316. The zero-order chi connectivity index (χ0) is 10.2. The van der Waals surface area contributed by atoms with E-state index in [2.05, 4.69) is 10.5 Å². The van der Waals surface area contributed by atoms with E-state index < -0.39 is 0 Å². The van der Waals surface area contributed by atoms with Gasteiger partial charge >= 0.3 is 0 Å². The summed E-state index contributed by atoms with van der Waals surface area (Å²) in [6.07, 6.45) is 4.07. The number of nitrogens with one attached hydrogen (secondary N) is 1. The Morgan fingerprint density at radius 1 is 1.57 bits per heavy atom. The van der Waals surface area contributed by atoms with Crippen LogP contribution in [0.25, 0.3) is 0 Å². The highest BCUT2D eigenvalue weighted by Crippen LogP contribution is 2.16. The summed E-state index contributed by atoms with van der Waals surface area (Å²) in [7, 11) is 0. The molecule has 1 atom stereocenters. The molecule has 0 spiro atoms. The van der Waals surface area contributed by atoms with Crippen molar-refractivity contribution in [1.82, 2.24) is 5.32 Å². The van der Waals surface area contributed by atoms with Crippen molar-refractivity contribution >= 4 is 17.6 Å². The van der Waals surface area contributed by atoms with Crippen molar-refractivity contribution < 1.29 is 5.21 Å². The van der Waals surface area contributed by atoms with Gasteiger partial charge in [0.15, 0.2) is 0 Å². The van der Waals surface area contributed by atoms with Gasteiger partial charge in [-0.15, -0.1) is 0 Å². The second-order valence-electron chi connectivity index (χ2n) is 3.56. The van der Waals surface area contributed by atoms with E-state index in [0.29, 0.717) is 18.3 Å². The van der Waals surface area contributed by atoms with E-state index in [0.717, 1.165) is 19.4 Å². The Hall–Kier alpha value is -0.420. The zero-order valence-electron chi connectivity index (χ0n) is 8.41. The molecule has 0 aliphatic carbocycles. The van der Waals surface area contributed by atoms with Gasteiger partial charge in [0.25, 0.3) is 0 Å². The van der Waals surface area contributed by atoms with Gasteiger partial charge in [-0.1, -0.05) is 5.16 Å². The molecule has 14 heavy (non-hydrogen) atoms. The van der Waals surface area contributed by atoms with Gasteiger partial charge < -0.3 is 16.3 Å². The van der Waals surface area contributed by atoms with Crippen molar-refractivity contribution in [3.63, 3.8) is 0 Å². The van der Waals surface area contributed by atoms with Crippen molar-refractivity contribution in [2.24, 2.45) is 10.9 Å². The highest BCUT2D eigenvalue weighted by atomic mass is 32.2. The fourth-order valence-corrected chi connectivity index (χ4v) is 2.67. The zero-order valence-corrected chi connectivity index (χ0v) is 9.22. The van der Waals surface area contributed by atoms with Gasteiger partial charge in [0.1, 0.15) is 5.84 Å². The van der Waals surface area contributed by atoms with Crippen LogP contribution in [0.1, 0.15) is 25.7 Å². The van der Waals surface area contributed by atoms with Gasteiger partial charge in [-0.2, -0.15) is 11.8 Å². The molecule has 82 valence electrons. The minimum Gasteiger partial charge on any atom is -0.409 e. The molecule has 4 nitrogen and oxygen atoms in total. The standard InChI is InChI=1S/C9H19N3OS/c10-9(12-13)3-1-2-5-11-8-4-6-14-7-8/h8,11,13H,1-7H2,(H2,10,12). The van der Waals surface area contributed by atoms with Gasteiger partial charge in [0.05, 0.1) is 0 Å². The summed E-state index contributed by atoms with van der Waals surface area (Å²) in [5.74, 6) is 2.88. The molecule has 1 rings (SSSR count). The van der Waals surface area contributed by atoms with Crippen LogP contribution in [0.3, 0.4) is 0 Å². The Morgan fingerprint density at radius 3 is 3.07 bits per heavy atom. The first-order chi connectivity index (χ1) is 6.83. The summed E-state index contributed by atoms with van der Waals surface area (Å²) >= 11 is 2.02. The maximum absolute atomic E-state index is 8.31. The van der Waals surface area contributed by atoms with Crippen LogP contribution in [0.4, 0.5) is 0 Å². The quantitative estimate of drug-likeness (QED) is 0.204. The summed E-state index contributed by atoms with van der Waals surface area (Å²) in [6.45, 7) is 1.05. The number of nitrogens with two attached hydrogens (primary N) is 1. The molecule has 0 aromatic rings. The predicted octanol–water partition coefficient (Wildman–Crippen LogP) is 0.998. The van der Waals surface area contributed by atoms with Crippen molar-refractivity contribution in [3.8, 4) is 0 Å². The van der Waals surface area contributed by atoms with Gasteiger partial charge in [-0.25, -0.2) is 0 Å². The van der Waals surface area contributed by atoms with E-state index in [-0.39, 0.29) is 0 Å². The highest BCUT2D eigenvalue weighted by molar-refractivity contribution is 7.99. The fourth-order valence-electron chi connectivity index (χ4n) is 1.48. The van der Waals surface area contributed by atoms with E-state index in [1.807, 2.05) is 11.8 Å². The molecule has 1 aliphatic heterocycles. The first kappa shape index (κ1) is 11.7. The SMILES string of the molecule is NC(CCCCNC1CCSC1)=NO. The summed E-state index contributed by atoms with van der Waals surface area (Å²) in [5.41, 5.74) is 5.35. The van der Waals surface area contributed by atoms with Crippen LogP contribution in [0.2, 0.25) is 0 Å². The average Bonchev–Trinajstić information content (AvgIpc) is 2.69. The van der Waals surface area contributed by atoms with Crippen molar-refractivity contribution in [1.29, 1.82) is 0 Å². The third kappa shape index (κ3) is 4.72. The molecule has 0 aromatic carbocycles. The summed E-state index contributed by atoms with van der Waals surface area (Å²) < 4.78 is 0. The van der Waals surface area contributed by atoms with Crippen LogP contribution < -0.4 is 11.1 Å². The first-order valence-electron chi connectivity index (χ1n) is 5.10. The third-order valence-electron chi connectivity index (χ3n) is 2.35. The lowest BCUT2D eigenvalue weighted by Crippen LogP contribution is -2.29. The first-order valence-corrected chi connectivity index (χ1v) is 6.26. The predicted molar refractivity (Wildman–Crippen MR) is 61.0 cm³/mol. The molecule has 5 heteroatoms. The van der Waals surface area contributed by atoms with Crippen LogP contribution in [0.5, 0.6) is 0 Å². The number of rotatable bonds is 6. The molecule has 0 bridgehead atoms. The normalized spacial score (nSPS) is 22.9. The van der Waals surface area contributed by atoms with Crippen LogP contribution in [0.15, 0.2) is 5.16 Å². The van der Waals surface area contributed by atoms with E-state index in [1.165, 1.54) is 17.9 Å². The van der Waals surface area contributed by atoms with Crippen LogP contribution in [-0.2, 0) is 0 Å². The number of amidine groups is 1. The van der Waals surface area contributed by atoms with Gasteiger partial charge in [-0.3, -0.25) is 0 Å². The molecule has 1 saturated heterocycles. The van der Waals surface area contributed by atoms with Crippen LogP contribution in [-0.4, -0.2) is 35.1 Å². The largest absolute Gasteiger partial charge is 0.409 e. The number of hydrogen-bond acceptors (Lipinski definition) is 4. The summed E-state index contributed by atoms with van der Waals surface area (Å²) in [5, 5.41) is 14.8. The summed E-state index contributed by atoms with van der Waals surface area (Å²) in [4.78, 5) is 0. The average molecular weight is 217 g/mol. The van der Waals surface area contributed by atoms with Gasteiger partial charge in [0, 0.05) is 18.2 Å². The Balaban J connectivity index is 1.89. The molecule has 1 unspecified atom stereocenters. The maximum atomic E-state index is 8.31. The molecule has 0 aromatic heterocycles. The number of nitrogens with zero attached hydrogens (tertiary/aromatic N) is 1. The molecule has 1 heterocycles. The highest BCUT2D eigenvalue weighted by Gasteiger charge is 2.13. The molecule has 4 N–H and O–H groups in total. The number of thioether (sulfide) groups is 1. The van der Waals surface area contributed by atoms with Crippen LogP contribution >= 0.6 is 11.8 Å².